The number of rotatable bonds is 1. The maximum Gasteiger partial charge on any atom is 0.240 e. The third-order valence-electron chi connectivity index (χ3n) is 5.04. The highest BCUT2D eigenvalue weighted by Gasteiger charge is 2.58. The standard InChI is InChI=1S/C17H18FN3O/c1-10(2)21-8-17(9-21)15-12-5-4-11(18)6-13(12)19-7-14(15)20(3)16(17)22/h4-7,10H,8-9H2,1-3H3. The SMILES string of the molecule is CC(C)N1CC2(C1)C(=O)N(C)c1cnc3cc(F)ccc3c12. The van der Waals surface area contributed by atoms with Crippen molar-refractivity contribution in [3.8, 4) is 0 Å². The molecule has 22 heavy (non-hydrogen) atoms. The second kappa shape index (κ2) is 4.26. The first-order chi connectivity index (χ1) is 10.4. The lowest BCUT2D eigenvalue weighted by atomic mass is 9.73. The van der Waals surface area contributed by atoms with Crippen LogP contribution in [0.1, 0.15) is 19.4 Å². The zero-order valence-electron chi connectivity index (χ0n) is 12.9. The third-order valence-corrected chi connectivity index (χ3v) is 5.04. The lowest BCUT2D eigenvalue weighted by molar-refractivity contribution is -0.130. The number of aromatic nitrogens is 1. The van der Waals surface area contributed by atoms with Crippen LogP contribution in [0.2, 0.25) is 0 Å². The first-order valence-corrected chi connectivity index (χ1v) is 7.55. The molecule has 0 atom stereocenters. The molecule has 1 amide bonds. The van der Waals surface area contributed by atoms with E-state index < -0.39 is 5.41 Å². The highest BCUT2D eigenvalue weighted by Crippen LogP contribution is 2.49. The van der Waals surface area contributed by atoms with Gasteiger partial charge in [-0.05, 0) is 26.0 Å². The fourth-order valence-electron chi connectivity index (χ4n) is 3.76. The van der Waals surface area contributed by atoms with E-state index in [1.807, 2.05) is 0 Å². The van der Waals surface area contributed by atoms with E-state index in [2.05, 4.69) is 23.7 Å². The van der Waals surface area contributed by atoms with Gasteiger partial charge in [0.25, 0.3) is 0 Å². The monoisotopic (exact) mass is 299 g/mol. The number of halogens is 1. The Morgan fingerprint density at radius 1 is 1.32 bits per heavy atom. The molecule has 0 saturated carbocycles. The number of carbonyl (C=O) groups excluding carboxylic acids is 1. The predicted octanol–water partition coefficient (Wildman–Crippen LogP) is 2.31. The number of carbonyl (C=O) groups is 1. The lowest BCUT2D eigenvalue weighted by Crippen LogP contribution is -2.65. The summed E-state index contributed by atoms with van der Waals surface area (Å²) in [4.78, 5) is 21.2. The molecular weight excluding hydrogens is 281 g/mol. The summed E-state index contributed by atoms with van der Waals surface area (Å²) in [6.45, 7) is 5.71. The Hall–Kier alpha value is -2.01. The summed E-state index contributed by atoms with van der Waals surface area (Å²) in [5.74, 6) is -0.179. The molecule has 3 heterocycles. The van der Waals surface area contributed by atoms with E-state index in [-0.39, 0.29) is 11.7 Å². The van der Waals surface area contributed by atoms with E-state index in [0.29, 0.717) is 11.6 Å². The fraction of sp³-hybridized carbons (Fsp3) is 0.412. The van der Waals surface area contributed by atoms with Crippen LogP contribution in [0.5, 0.6) is 0 Å². The van der Waals surface area contributed by atoms with Gasteiger partial charge in [-0.1, -0.05) is 0 Å². The van der Waals surface area contributed by atoms with Gasteiger partial charge < -0.3 is 4.90 Å². The van der Waals surface area contributed by atoms with Crippen LogP contribution in [0.25, 0.3) is 10.9 Å². The largest absolute Gasteiger partial charge is 0.313 e. The van der Waals surface area contributed by atoms with Crippen LogP contribution in [0, 0.1) is 5.82 Å². The summed E-state index contributed by atoms with van der Waals surface area (Å²) in [6, 6.07) is 5.05. The number of fused-ring (bicyclic) bond motifs is 4. The number of hydrogen-bond donors (Lipinski definition) is 0. The molecular formula is C17H18FN3O. The summed E-state index contributed by atoms with van der Waals surface area (Å²) >= 11 is 0. The smallest absolute Gasteiger partial charge is 0.240 e. The van der Waals surface area contributed by atoms with Gasteiger partial charge in [-0.2, -0.15) is 0 Å². The fourth-order valence-corrected chi connectivity index (χ4v) is 3.76. The maximum absolute atomic E-state index is 13.5. The number of anilines is 1. The van der Waals surface area contributed by atoms with Crippen molar-refractivity contribution in [2.75, 3.05) is 25.0 Å². The predicted molar refractivity (Wildman–Crippen MR) is 83.5 cm³/mol. The molecule has 2 aliphatic rings. The van der Waals surface area contributed by atoms with Gasteiger partial charge in [0.15, 0.2) is 0 Å². The summed E-state index contributed by atoms with van der Waals surface area (Å²) in [6.07, 6.45) is 1.70. The third kappa shape index (κ3) is 1.54. The first kappa shape index (κ1) is 13.6. The molecule has 4 nitrogen and oxygen atoms in total. The van der Waals surface area contributed by atoms with Crippen LogP contribution >= 0.6 is 0 Å². The first-order valence-electron chi connectivity index (χ1n) is 7.55. The van der Waals surface area contributed by atoms with Crippen molar-refractivity contribution in [1.29, 1.82) is 0 Å². The summed E-state index contributed by atoms with van der Waals surface area (Å²) in [7, 11) is 1.80. The average Bonchev–Trinajstić information content (AvgIpc) is 2.66. The van der Waals surface area contributed by atoms with Gasteiger partial charge in [0, 0.05) is 43.2 Å². The summed E-state index contributed by atoms with van der Waals surface area (Å²) in [5, 5.41) is 0.889. The number of amides is 1. The number of likely N-dealkylation sites (tertiary alicyclic amines) is 1. The van der Waals surface area contributed by atoms with E-state index >= 15 is 0 Å². The number of nitrogens with zero attached hydrogens (tertiary/aromatic N) is 3. The number of likely N-dealkylation sites (N-methyl/N-ethyl adjacent to an activating group) is 1. The Kier molecular flexibility index (Phi) is 2.64. The maximum atomic E-state index is 13.5. The van der Waals surface area contributed by atoms with Crippen molar-refractivity contribution >= 4 is 22.5 Å². The van der Waals surface area contributed by atoms with Crippen molar-refractivity contribution in [3.05, 3.63) is 35.8 Å². The molecule has 5 heteroatoms. The normalized spacial score (nSPS) is 20.0. The molecule has 0 unspecified atom stereocenters. The van der Waals surface area contributed by atoms with E-state index in [1.54, 1.807) is 24.2 Å². The van der Waals surface area contributed by atoms with Gasteiger partial charge in [-0.15, -0.1) is 0 Å². The van der Waals surface area contributed by atoms with Gasteiger partial charge in [-0.25, -0.2) is 4.39 Å². The highest BCUT2D eigenvalue weighted by molar-refractivity contribution is 6.13. The lowest BCUT2D eigenvalue weighted by Gasteiger charge is -2.49. The molecule has 1 fully saturated rings. The van der Waals surface area contributed by atoms with E-state index in [9.17, 15) is 9.18 Å². The minimum atomic E-state index is -0.493. The van der Waals surface area contributed by atoms with Crippen molar-refractivity contribution in [1.82, 2.24) is 9.88 Å². The summed E-state index contributed by atoms with van der Waals surface area (Å²) < 4.78 is 13.5. The topological polar surface area (TPSA) is 36.4 Å². The number of pyridine rings is 1. The van der Waals surface area contributed by atoms with Crippen LogP contribution in [-0.4, -0.2) is 42.0 Å². The molecule has 4 rings (SSSR count). The molecule has 0 aliphatic carbocycles. The van der Waals surface area contributed by atoms with Crippen molar-refractivity contribution in [2.24, 2.45) is 0 Å². The Balaban J connectivity index is 1.94. The second-order valence-electron chi connectivity index (χ2n) is 6.62. The van der Waals surface area contributed by atoms with Crippen LogP contribution in [0.3, 0.4) is 0 Å². The second-order valence-corrected chi connectivity index (χ2v) is 6.62. The molecule has 0 bridgehead atoms. The number of hydrogen-bond acceptors (Lipinski definition) is 3. The molecule has 2 aromatic rings. The zero-order valence-corrected chi connectivity index (χ0v) is 12.9. The summed E-state index contributed by atoms with van der Waals surface area (Å²) in [5.41, 5.74) is 1.99. The Morgan fingerprint density at radius 2 is 2.05 bits per heavy atom. The minimum absolute atomic E-state index is 0.123. The molecule has 1 spiro atoms. The molecule has 1 aromatic heterocycles. The van der Waals surface area contributed by atoms with Crippen LogP contribution in [0.15, 0.2) is 24.4 Å². The van der Waals surface area contributed by atoms with Gasteiger partial charge in [0.2, 0.25) is 5.91 Å². The minimum Gasteiger partial charge on any atom is -0.313 e. The Labute approximate surface area is 128 Å². The van der Waals surface area contributed by atoms with Crippen LogP contribution in [0.4, 0.5) is 10.1 Å². The van der Waals surface area contributed by atoms with Crippen LogP contribution < -0.4 is 4.90 Å². The molecule has 0 N–H and O–H groups in total. The van der Waals surface area contributed by atoms with Crippen molar-refractivity contribution < 1.29 is 9.18 Å². The van der Waals surface area contributed by atoms with E-state index in [0.717, 1.165) is 29.7 Å². The zero-order chi connectivity index (χ0) is 15.6. The van der Waals surface area contributed by atoms with Crippen molar-refractivity contribution in [2.45, 2.75) is 25.3 Å². The average molecular weight is 299 g/mol. The molecule has 114 valence electrons. The van der Waals surface area contributed by atoms with Gasteiger partial charge in [0.1, 0.15) is 11.2 Å². The molecule has 1 saturated heterocycles. The molecule has 1 aromatic carbocycles. The Morgan fingerprint density at radius 3 is 2.73 bits per heavy atom. The highest BCUT2D eigenvalue weighted by atomic mass is 19.1. The quantitative estimate of drug-likeness (QED) is 0.811. The molecule has 2 aliphatic heterocycles. The van der Waals surface area contributed by atoms with E-state index in [1.165, 1.54) is 12.1 Å². The van der Waals surface area contributed by atoms with Crippen molar-refractivity contribution in [3.63, 3.8) is 0 Å². The van der Waals surface area contributed by atoms with Gasteiger partial charge in [0.05, 0.1) is 17.4 Å². The van der Waals surface area contributed by atoms with E-state index in [4.69, 9.17) is 0 Å². The van der Waals surface area contributed by atoms with Gasteiger partial charge in [-0.3, -0.25) is 14.7 Å². The van der Waals surface area contributed by atoms with Gasteiger partial charge >= 0.3 is 0 Å². The number of benzene rings is 1. The van der Waals surface area contributed by atoms with Crippen LogP contribution in [-0.2, 0) is 10.2 Å². The Bertz CT molecular complexity index is 796. The molecule has 0 radical (unpaired) electrons.